The van der Waals surface area contributed by atoms with Gasteiger partial charge in [-0.3, -0.25) is 4.79 Å². The van der Waals surface area contributed by atoms with Crippen LogP contribution >= 0.6 is 0 Å². The number of rotatable bonds is 3. The Labute approximate surface area is 101 Å². The average Bonchev–Trinajstić information content (AvgIpc) is 2.72. The molecule has 1 atom stereocenters. The van der Waals surface area contributed by atoms with Crippen molar-refractivity contribution in [2.45, 2.75) is 32.7 Å². The molecule has 0 bridgehead atoms. The minimum absolute atomic E-state index is 0.0630. The van der Waals surface area contributed by atoms with Crippen molar-refractivity contribution in [1.82, 2.24) is 0 Å². The fraction of sp³-hybridized carbons (Fsp3) is 0.462. The number of ether oxygens (including phenoxy) is 2. The number of carbonyl (C=O) groups is 1. The monoisotopic (exact) mass is 235 g/mol. The van der Waals surface area contributed by atoms with Gasteiger partial charge >= 0.3 is 0 Å². The fourth-order valence-corrected chi connectivity index (χ4v) is 1.89. The van der Waals surface area contributed by atoms with Crippen LogP contribution in [0, 0.1) is 0 Å². The van der Waals surface area contributed by atoms with Crippen LogP contribution < -0.4 is 15.2 Å². The lowest BCUT2D eigenvalue weighted by Gasteiger charge is -2.14. The lowest BCUT2D eigenvalue weighted by atomic mass is 9.92. The Balaban J connectivity index is 2.52. The summed E-state index contributed by atoms with van der Waals surface area (Å²) >= 11 is 0. The average molecular weight is 235 g/mol. The van der Waals surface area contributed by atoms with Gasteiger partial charge in [0, 0.05) is 5.56 Å². The van der Waals surface area contributed by atoms with Gasteiger partial charge in [0.25, 0.3) is 0 Å². The van der Waals surface area contributed by atoms with Crippen molar-refractivity contribution in [3.63, 3.8) is 0 Å². The molecule has 0 aliphatic carbocycles. The standard InChI is InChI=1S/C13H17NO3/c1-7(2)9-4-11-12(17-6-16-11)5-10(9)13(15)8(3)14/h4-5,7-8H,6,14H2,1-3H3. The summed E-state index contributed by atoms with van der Waals surface area (Å²) in [7, 11) is 0. The molecule has 1 aliphatic heterocycles. The number of hydrogen-bond donors (Lipinski definition) is 1. The number of ketones is 1. The molecule has 0 saturated heterocycles. The zero-order valence-electron chi connectivity index (χ0n) is 10.3. The fourth-order valence-electron chi connectivity index (χ4n) is 1.89. The summed E-state index contributed by atoms with van der Waals surface area (Å²) < 4.78 is 10.6. The number of nitrogens with two attached hydrogens (primary N) is 1. The van der Waals surface area contributed by atoms with E-state index in [1.807, 2.05) is 19.9 Å². The smallest absolute Gasteiger partial charge is 0.231 e. The van der Waals surface area contributed by atoms with Crippen LogP contribution in [0.4, 0.5) is 0 Å². The second-order valence-electron chi connectivity index (χ2n) is 4.60. The van der Waals surface area contributed by atoms with Crippen molar-refractivity contribution >= 4 is 5.78 Å². The third kappa shape index (κ3) is 2.13. The van der Waals surface area contributed by atoms with Crippen LogP contribution in [-0.4, -0.2) is 18.6 Å². The van der Waals surface area contributed by atoms with Gasteiger partial charge in [0.05, 0.1) is 6.04 Å². The first-order valence-electron chi connectivity index (χ1n) is 5.74. The lowest BCUT2D eigenvalue weighted by molar-refractivity contribution is 0.0966. The zero-order chi connectivity index (χ0) is 12.6. The van der Waals surface area contributed by atoms with Gasteiger partial charge in [0.1, 0.15) is 0 Å². The molecule has 4 nitrogen and oxygen atoms in total. The van der Waals surface area contributed by atoms with Crippen molar-refractivity contribution in [3.05, 3.63) is 23.3 Å². The van der Waals surface area contributed by atoms with Crippen molar-refractivity contribution < 1.29 is 14.3 Å². The first-order valence-corrected chi connectivity index (χ1v) is 5.74. The van der Waals surface area contributed by atoms with Crippen LogP contribution in [0.2, 0.25) is 0 Å². The summed E-state index contributed by atoms with van der Waals surface area (Å²) in [5, 5.41) is 0. The van der Waals surface area contributed by atoms with Gasteiger partial charge in [-0.2, -0.15) is 0 Å². The summed E-state index contributed by atoms with van der Waals surface area (Å²) in [5.41, 5.74) is 7.25. The van der Waals surface area contributed by atoms with Crippen LogP contribution in [0.5, 0.6) is 11.5 Å². The van der Waals surface area contributed by atoms with Gasteiger partial charge in [0.2, 0.25) is 6.79 Å². The Morgan fingerprint density at radius 1 is 1.24 bits per heavy atom. The molecule has 1 aliphatic rings. The van der Waals surface area contributed by atoms with Crippen LogP contribution in [0.1, 0.15) is 42.6 Å². The quantitative estimate of drug-likeness (QED) is 0.815. The van der Waals surface area contributed by atoms with Gasteiger partial charge in [-0.25, -0.2) is 0 Å². The Morgan fingerprint density at radius 2 is 1.82 bits per heavy atom. The SMILES string of the molecule is CC(N)C(=O)c1cc2c(cc1C(C)C)OCO2. The highest BCUT2D eigenvalue weighted by molar-refractivity contribution is 6.01. The molecule has 0 fully saturated rings. The van der Waals surface area contributed by atoms with Crippen molar-refractivity contribution in [3.8, 4) is 11.5 Å². The van der Waals surface area contributed by atoms with E-state index < -0.39 is 6.04 Å². The molecule has 2 N–H and O–H groups in total. The molecule has 0 aromatic heterocycles. The van der Waals surface area contributed by atoms with E-state index in [2.05, 4.69) is 0 Å². The number of fused-ring (bicyclic) bond motifs is 1. The molecule has 4 heteroatoms. The molecule has 1 heterocycles. The molecular formula is C13H17NO3. The van der Waals surface area contributed by atoms with E-state index in [1.54, 1.807) is 13.0 Å². The zero-order valence-corrected chi connectivity index (χ0v) is 10.3. The van der Waals surface area contributed by atoms with Gasteiger partial charge in [0.15, 0.2) is 17.3 Å². The van der Waals surface area contributed by atoms with Crippen LogP contribution in [0.3, 0.4) is 0 Å². The highest BCUT2D eigenvalue weighted by atomic mass is 16.7. The minimum atomic E-state index is -0.507. The Bertz CT molecular complexity index is 452. The maximum atomic E-state index is 12.0. The summed E-state index contributed by atoms with van der Waals surface area (Å²) in [6.07, 6.45) is 0. The molecule has 1 aromatic rings. The third-order valence-electron chi connectivity index (χ3n) is 2.85. The lowest BCUT2D eigenvalue weighted by Crippen LogP contribution is -2.27. The summed E-state index contributed by atoms with van der Waals surface area (Å²) in [4.78, 5) is 12.0. The molecule has 1 aromatic carbocycles. The van der Waals surface area contributed by atoms with Gasteiger partial charge in [-0.05, 0) is 30.5 Å². The minimum Gasteiger partial charge on any atom is -0.454 e. The Hall–Kier alpha value is -1.55. The van der Waals surface area contributed by atoms with E-state index in [4.69, 9.17) is 15.2 Å². The van der Waals surface area contributed by atoms with Crippen LogP contribution in [-0.2, 0) is 0 Å². The van der Waals surface area contributed by atoms with Crippen LogP contribution in [0.25, 0.3) is 0 Å². The number of benzene rings is 1. The molecule has 2 rings (SSSR count). The largest absolute Gasteiger partial charge is 0.454 e. The third-order valence-corrected chi connectivity index (χ3v) is 2.85. The topological polar surface area (TPSA) is 61.6 Å². The van der Waals surface area contributed by atoms with E-state index >= 15 is 0 Å². The predicted octanol–water partition coefficient (Wildman–Crippen LogP) is 2.07. The normalized spacial score (nSPS) is 15.1. The molecule has 92 valence electrons. The van der Waals surface area contributed by atoms with Gasteiger partial charge in [-0.1, -0.05) is 13.8 Å². The van der Waals surface area contributed by atoms with E-state index in [0.717, 1.165) is 5.56 Å². The van der Waals surface area contributed by atoms with E-state index in [-0.39, 0.29) is 18.5 Å². The first-order chi connectivity index (χ1) is 8.00. The van der Waals surface area contributed by atoms with E-state index in [0.29, 0.717) is 17.1 Å². The maximum Gasteiger partial charge on any atom is 0.231 e. The van der Waals surface area contributed by atoms with E-state index in [9.17, 15) is 4.79 Å². The van der Waals surface area contributed by atoms with E-state index in [1.165, 1.54) is 0 Å². The Kier molecular flexibility index (Phi) is 3.07. The number of carbonyl (C=O) groups excluding carboxylic acids is 1. The van der Waals surface area contributed by atoms with Crippen molar-refractivity contribution in [2.75, 3.05) is 6.79 Å². The molecule has 0 saturated carbocycles. The molecular weight excluding hydrogens is 218 g/mol. The molecule has 1 unspecified atom stereocenters. The van der Waals surface area contributed by atoms with Crippen LogP contribution in [0.15, 0.2) is 12.1 Å². The summed E-state index contributed by atoms with van der Waals surface area (Å²) in [6, 6.07) is 3.11. The highest BCUT2D eigenvalue weighted by Gasteiger charge is 2.23. The molecule has 0 spiro atoms. The van der Waals surface area contributed by atoms with Gasteiger partial charge in [-0.15, -0.1) is 0 Å². The predicted molar refractivity (Wildman–Crippen MR) is 64.6 cm³/mol. The number of Topliss-reactive ketones (excluding diaryl/α,β-unsaturated/α-hetero) is 1. The molecule has 17 heavy (non-hydrogen) atoms. The van der Waals surface area contributed by atoms with Crippen molar-refractivity contribution in [1.29, 1.82) is 0 Å². The number of hydrogen-bond acceptors (Lipinski definition) is 4. The Morgan fingerprint density at radius 3 is 2.35 bits per heavy atom. The summed E-state index contributed by atoms with van der Waals surface area (Å²) in [5.74, 6) is 1.50. The summed E-state index contributed by atoms with van der Waals surface area (Å²) in [6.45, 7) is 5.98. The molecule has 0 radical (unpaired) electrons. The van der Waals surface area contributed by atoms with Gasteiger partial charge < -0.3 is 15.2 Å². The molecule has 0 amide bonds. The highest BCUT2D eigenvalue weighted by Crippen LogP contribution is 2.37. The second kappa shape index (κ2) is 4.37. The maximum absolute atomic E-state index is 12.0. The first kappa shape index (κ1) is 11.9. The van der Waals surface area contributed by atoms with Crippen molar-refractivity contribution in [2.24, 2.45) is 5.73 Å². The second-order valence-corrected chi connectivity index (χ2v) is 4.60.